The molecule has 0 aromatic carbocycles. The van der Waals surface area contributed by atoms with Crippen molar-refractivity contribution in [2.24, 2.45) is 0 Å². The number of urea groups is 1. The summed E-state index contributed by atoms with van der Waals surface area (Å²) in [5, 5.41) is 0. The first-order valence-electron chi connectivity index (χ1n) is 14.7. The molecule has 0 rings (SSSR count). The van der Waals surface area contributed by atoms with Crippen molar-refractivity contribution in [3.05, 3.63) is 0 Å². The molecular weight excluding hydrogens is 649 g/mol. The van der Waals surface area contributed by atoms with Crippen molar-refractivity contribution in [1.29, 1.82) is 0 Å². The highest BCUT2D eigenvalue weighted by molar-refractivity contribution is 6.61. The zero-order chi connectivity index (χ0) is 33.7. The molecule has 0 bridgehead atoms. The molecule has 0 aromatic rings. The lowest BCUT2D eigenvalue weighted by Crippen LogP contribution is -2.49. The highest BCUT2D eigenvalue weighted by Crippen LogP contribution is 2.21. The minimum Gasteiger partial charge on any atom is -0.377 e. The maximum atomic E-state index is 14.2. The fraction of sp³-hybridized carbons (Fsp3) is 0.960. The third kappa shape index (κ3) is 13.4. The van der Waals surface area contributed by atoms with Crippen LogP contribution in [0.1, 0.15) is 25.7 Å². The molecule has 0 unspecified atom stereocenters. The minimum absolute atomic E-state index is 0.0944. The predicted molar refractivity (Wildman–Crippen MR) is 173 cm³/mol. The van der Waals surface area contributed by atoms with Gasteiger partial charge in [0.1, 0.15) is 0 Å². The van der Waals surface area contributed by atoms with Crippen LogP contribution in [0.15, 0.2) is 0 Å². The van der Waals surface area contributed by atoms with Crippen molar-refractivity contribution in [3.63, 3.8) is 0 Å². The van der Waals surface area contributed by atoms with Crippen LogP contribution in [0, 0.1) is 0 Å². The van der Waals surface area contributed by atoms with Crippen LogP contribution in [0.3, 0.4) is 0 Å². The first kappa shape index (κ1) is 43.7. The van der Waals surface area contributed by atoms with Gasteiger partial charge >= 0.3 is 41.2 Å². The molecule has 0 saturated carbocycles. The Labute approximate surface area is 270 Å². The van der Waals surface area contributed by atoms with Gasteiger partial charge in [-0.05, 0) is 25.7 Å². The summed E-state index contributed by atoms with van der Waals surface area (Å²) in [6.45, 7) is 1.89. The average Bonchev–Trinajstić information content (AvgIpc) is 3.08. The molecule has 0 fully saturated rings. The molecule has 0 saturated heterocycles. The van der Waals surface area contributed by atoms with E-state index in [2.05, 4.69) is 0 Å². The Kier molecular flexibility index (Phi) is 22.9. The van der Waals surface area contributed by atoms with Gasteiger partial charge < -0.3 is 62.9 Å². The number of rotatable bonds is 28. The molecule has 0 heterocycles. The summed E-state index contributed by atoms with van der Waals surface area (Å²) in [6, 6.07) is 2.13. The second-order valence-corrected chi connectivity index (χ2v) is 22.2. The van der Waals surface area contributed by atoms with Gasteiger partial charge in [-0.1, -0.05) is 0 Å². The molecule has 2 amide bonds. The zero-order valence-corrected chi connectivity index (χ0v) is 33.2. The maximum absolute atomic E-state index is 14.2. The highest BCUT2D eigenvalue weighted by atomic mass is 28.4. The lowest BCUT2D eigenvalue weighted by atomic mass is 10.3. The molecule has 264 valence electrons. The normalized spacial score (nSPS) is 13.0. The van der Waals surface area contributed by atoms with Crippen molar-refractivity contribution < 1.29 is 57.9 Å². The van der Waals surface area contributed by atoms with Gasteiger partial charge in [-0.3, -0.25) is 0 Å². The lowest BCUT2D eigenvalue weighted by molar-refractivity contribution is 0.114. The molecule has 15 nitrogen and oxygen atoms in total. The molecule has 0 aliphatic heterocycles. The van der Waals surface area contributed by atoms with E-state index in [1.807, 2.05) is 9.80 Å². The fourth-order valence-electron chi connectivity index (χ4n) is 4.98. The third-order valence-corrected chi connectivity index (χ3v) is 19.2. The Bertz CT molecular complexity index is 604. The summed E-state index contributed by atoms with van der Waals surface area (Å²) >= 11 is 0. The molecule has 0 radical (unpaired) electrons. The quantitative estimate of drug-likeness (QED) is 0.110. The van der Waals surface area contributed by atoms with E-state index in [9.17, 15) is 4.79 Å². The molecule has 0 atom stereocenters. The number of hydrogen-bond acceptors (Lipinski definition) is 13. The Balaban J connectivity index is 6.03. The van der Waals surface area contributed by atoms with Gasteiger partial charge in [-0.2, -0.15) is 0 Å². The highest BCUT2D eigenvalue weighted by Gasteiger charge is 2.41. The van der Waals surface area contributed by atoms with Gasteiger partial charge in [0.2, 0.25) is 0 Å². The van der Waals surface area contributed by atoms with Crippen LogP contribution in [0.5, 0.6) is 0 Å². The SMILES string of the molecule is CO[Si](CCCN(CCC[Si](OC)(OC)OC)C(=O)N(CCC[Si](OC)(OC)OC)CCC[Si](OC)(OC)OC)(OC)OC. The second-order valence-electron chi connectivity index (χ2n) is 9.85. The van der Waals surface area contributed by atoms with E-state index in [0.29, 0.717) is 76.0 Å². The molecule has 44 heavy (non-hydrogen) atoms. The molecule has 19 heteroatoms. The number of carbonyl (C=O) groups is 1. The summed E-state index contributed by atoms with van der Waals surface area (Å²) in [5.41, 5.74) is 0. The minimum atomic E-state index is -2.81. The first-order valence-corrected chi connectivity index (χ1v) is 22.4. The topological polar surface area (TPSA) is 134 Å². The number of amides is 2. The van der Waals surface area contributed by atoms with E-state index >= 15 is 0 Å². The summed E-state index contributed by atoms with van der Waals surface area (Å²) in [6.07, 6.45) is 2.51. The van der Waals surface area contributed by atoms with Gasteiger partial charge in [-0.25, -0.2) is 4.79 Å². The monoisotopic (exact) mass is 708 g/mol. The largest absolute Gasteiger partial charge is 0.500 e. The number of nitrogens with zero attached hydrogens (tertiary/aromatic N) is 2. The van der Waals surface area contributed by atoms with Crippen molar-refractivity contribution in [3.8, 4) is 0 Å². The van der Waals surface area contributed by atoms with Crippen LogP contribution < -0.4 is 0 Å². The van der Waals surface area contributed by atoms with Crippen molar-refractivity contribution in [2.45, 2.75) is 49.9 Å². The summed E-state index contributed by atoms with van der Waals surface area (Å²) in [7, 11) is 7.76. The van der Waals surface area contributed by atoms with Gasteiger partial charge in [-0.15, -0.1) is 0 Å². The maximum Gasteiger partial charge on any atom is 0.500 e. The third-order valence-electron chi connectivity index (χ3n) is 7.92. The van der Waals surface area contributed by atoms with Crippen LogP contribution >= 0.6 is 0 Å². The predicted octanol–water partition coefficient (Wildman–Crippen LogP) is 2.78. The Hall–Kier alpha value is -0.342. The van der Waals surface area contributed by atoms with Crippen LogP contribution in [-0.4, -0.2) is 163 Å². The number of hydrogen-bond donors (Lipinski definition) is 0. The Morgan fingerprint density at radius 3 is 0.659 bits per heavy atom. The van der Waals surface area contributed by atoms with E-state index in [0.717, 1.165) is 0 Å². The van der Waals surface area contributed by atoms with Gasteiger partial charge in [0.15, 0.2) is 0 Å². The molecule has 0 aliphatic carbocycles. The van der Waals surface area contributed by atoms with Crippen LogP contribution in [-0.2, 0) is 53.1 Å². The average molecular weight is 709 g/mol. The first-order chi connectivity index (χ1) is 21.0. The lowest BCUT2D eigenvalue weighted by Gasteiger charge is -2.34. The van der Waals surface area contributed by atoms with Gasteiger partial charge in [0.05, 0.1) is 0 Å². The zero-order valence-electron chi connectivity index (χ0n) is 29.2. The van der Waals surface area contributed by atoms with Crippen LogP contribution in [0.4, 0.5) is 4.79 Å². The molecular formula is C25H60N2O13Si4. The van der Waals surface area contributed by atoms with Crippen molar-refractivity contribution >= 4 is 41.2 Å². The molecule has 0 spiro atoms. The Morgan fingerprint density at radius 1 is 0.364 bits per heavy atom. The summed E-state index contributed by atoms with van der Waals surface area (Å²) in [5.74, 6) is 0. The van der Waals surface area contributed by atoms with E-state index in [4.69, 9.17) is 53.1 Å². The second kappa shape index (κ2) is 23.1. The van der Waals surface area contributed by atoms with Crippen LogP contribution in [0.25, 0.3) is 0 Å². The van der Waals surface area contributed by atoms with E-state index in [1.54, 1.807) is 85.3 Å². The standard InChI is InChI=1S/C25H60N2O13Si4/c1-29-41(30-2,31-3)21-13-17-26(18-14-22-42(32-4,33-5)34-6)25(28)27(19-15-23-43(35-7,36-8)37-9)20-16-24-44(38-10,39-11)40-12/h13-24H2,1-12H3. The van der Waals surface area contributed by atoms with Crippen molar-refractivity contribution in [1.82, 2.24) is 9.80 Å². The molecule has 0 aliphatic rings. The van der Waals surface area contributed by atoms with E-state index in [1.165, 1.54) is 0 Å². The van der Waals surface area contributed by atoms with E-state index < -0.39 is 35.2 Å². The van der Waals surface area contributed by atoms with Gasteiger partial charge in [0, 0.05) is 136 Å². The summed E-state index contributed by atoms with van der Waals surface area (Å²) in [4.78, 5) is 17.9. The fourth-order valence-corrected chi connectivity index (χ4v) is 11.8. The molecule has 0 N–H and O–H groups in total. The molecule has 0 aromatic heterocycles. The Morgan fingerprint density at radius 2 is 0.523 bits per heavy atom. The van der Waals surface area contributed by atoms with Gasteiger partial charge in [0.25, 0.3) is 0 Å². The van der Waals surface area contributed by atoms with Crippen molar-refractivity contribution in [2.75, 3.05) is 111 Å². The summed E-state index contributed by atoms with van der Waals surface area (Å²) < 4.78 is 67.2. The smallest absolute Gasteiger partial charge is 0.377 e. The van der Waals surface area contributed by atoms with E-state index in [-0.39, 0.29) is 6.03 Å². The number of carbonyl (C=O) groups excluding carboxylic acids is 1. The van der Waals surface area contributed by atoms with Crippen LogP contribution in [0.2, 0.25) is 24.2 Å².